The first kappa shape index (κ1) is 14.4. The minimum atomic E-state index is -4.12. The molecule has 1 aromatic carbocycles. The van der Waals surface area contributed by atoms with Crippen molar-refractivity contribution in [3.63, 3.8) is 0 Å². The van der Waals surface area contributed by atoms with E-state index in [0.29, 0.717) is 5.02 Å². The van der Waals surface area contributed by atoms with Crippen molar-refractivity contribution < 1.29 is 42.5 Å². The molecule has 0 atom stereocenters. The molecule has 0 aromatic heterocycles. The molecule has 3 nitrogen and oxygen atoms in total. The molecule has 0 spiro atoms. The summed E-state index contributed by atoms with van der Waals surface area (Å²) in [5.41, 5.74) is 0.795. The van der Waals surface area contributed by atoms with E-state index in [2.05, 4.69) is 0 Å². The van der Waals surface area contributed by atoms with Crippen molar-refractivity contribution in [1.82, 2.24) is 0 Å². The monoisotopic (exact) mass is 242 g/mol. The Labute approximate surface area is 111 Å². The third-order valence-corrected chi connectivity index (χ3v) is 2.51. The van der Waals surface area contributed by atoms with Crippen molar-refractivity contribution in [3.05, 3.63) is 34.9 Å². The fourth-order valence-electron chi connectivity index (χ4n) is 0.894. The normalized spacial score (nSPS) is 10.7. The van der Waals surface area contributed by atoms with Crippen LogP contribution in [0.1, 0.15) is 5.56 Å². The smallest absolute Gasteiger partial charge is 0.748 e. The molecule has 1 aromatic rings. The molecule has 0 aliphatic carbocycles. The Morgan fingerprint density at radius 1 is 1.21 bits per heavy atom. The summed E-state index contributed by atoms with van der Waals surface area (Å²) in [7, 11) is -4.12. The molecule has 72 valence electrons. The van der Waals surface area contributed by atoms with Gasteiger partial charge in [-0.25, -0.2) is 8.42 Å². The van der Waals surface area contributed by atoms with Gasteiger partial charge in [0.25, 0.3) is 0 Å². The van der Waals surface area contributed by atoms with E-state index in [-0.39, 0.29) is 41.7 Å². The molecular weight excluding hydrogens is 235 g/mol. The molecule has 0 bridgehead atoms. The minimum absolute atomic E-state index is 0. The molecule has 0 amide bonds. The van der Waals surface area contributed by atoms with E-state index in [1.807, 2.05) is 0 Å². The zero-order valence-corrected chi connectivity index (χ0v) is 11.3. The standard InChI is InChI=1S/C8H9ClO3S.Na/c9-8-3-1-7(2-4-8)5-6-13(10,11)12;/h1-4H,5-6H2,(H,10,11,12);/q;+1/p-1. The predicted octanol–water partition coefficient (Wildman–Crippen LogP) is -1.57. The predicted molar refractivity (Wildman–Crippen MR) is 49.7 cm³/mol. The number of aryl methyl sites for hydroxylation is 1. The van der Waals surface area contributed by atoms with Gasteiger partial charge in [-0.1, -0.05) is 23.7 Å². The van der Waals surface area contributed by atoms with Crippen molar-refractivity contribution in [2.24, 2.45) is 0 Å². The van der Waals surface area contributed by atoms with Crippen LogP contribution in [-0.4, -0.2) is 18.7 Å². The summed E-state index contributed by atoms with van der Waals surface area (Å²) >= 11 is 5.62. The van der Waals surface area contributed by atoms with Crippen molar-refractivity contribution in [1.29, 1.82) is 0 Å². The second-order valence-electron chi connectivity index (χ2n) is 2.64. The maximum absolute atomic E-state index is 10.3. The van der Waals surface area contributed by atoms with Gasteiger partial charge in [-0.2, -0.15) is 0 Å². The van der Waals surface area contributed by atoms with E-state index in [9.17, 15) is 13.0 Å². The van der Waals surface area contributed by atoms with Crippen LogP contribution < -0.4 is 29.6 Å². The average Bonchev–Trinajstić information content (AvgIpc) is 2.02. The molecule has 0 heterocycles. The summed E-state index contributed by atoms with van der Waals surface area (Å²) in [5.74, 6) is -0.366. The second kappa shape index (κ2) is 6.10. The molecule has 0 N–H and O–H groups in total. The molecule has 0 aliphatic heterocycles. The first-order valence-corrected chi connectivity index (χ1v) is 5.61. The van der Waals surface area contributed by atoms with Crippen LogP contribution in [0.4, 0.5) is 0 Å². The summed E-state index contributed by atoms with van der Waals surface area (Å²) < 4.78 is 30.9. The minimum Gasteiger partial charge on any atom is -0.748 e. The summed E-state index contributed by atoms with van der Waals surface area (Å²) in [4.78, 5) is 0. The van der Waals surface area contributed by atoms with Gasteiger partial charge in [-0.15, -0.1) is 0 Å². The molecule has 0 fully saturated rings. The Bertz CT molecular complexity index is 374. The molecule has 0 radical (unpaired) electrons. The van der Waals surface area contributed by atoms with Crippen LogP contribution in [-0.2, 0) is 16.5 Å². The Morgan fingerprint density at radius 3 is 2.14 bits per heavy atom. The third kappa shape index (κ3) is 6.01. The first-order chi connectivity index (χ1) is 5.97. The number of hydrogen-bond donors (Lipinski definition) is 0. The summed E-state index contributed by atoms with van der Waals surface area (Å²) in [6.07, 6.45) is 0.239. The molecule has 0 unspecified atom stereocenters. The quantitative estimate of drug-likeness (QED) is 0.476. The van der Waals surface area contributed by atoms with Gasteiger partial charge in [0.2, 0.25) is 0 Å². The number of benzene rings is 1. The Morgan fingerprint density at radius 2 is 1.71 bits per heavy atom. The number of halogens is 1. The van der Waals surface area contributed by atoms with Gasteiger partial charge in [0.1, 0.15) is 0 Å². The topological polar surface area (TPSA) is 57.2 Å². The average molecular weight is 243 g/mol. The zero-order chi connectivity index (χ0) is 9.90. The number of rotatable bonds is 3. The van der Waals surface area contributed by atoms with Gasteiger partial charge in [0, 0.05) is 10.8 Å². The van der Waals surface area contributed by atoms with Crippen molar-refractivity contribution in [3.8, 4) is 0 Å². The third-order valence-electron chi connectivity index (χ3n) is 1.55. The van der Waals surface area contributed by atoms with Gasteiger partial charge < -0.3 is 4.55 Å². The van der Waals surface area contributed by atoms with Crippen LogP contribution >= 0.6 is 11.6 Å². The molecule has 0 aliphatic rings. The SMILES string of the molecule is O=S(=O)([O-])CCc1ccc(Cl)cc1.[Na+]. The van der Waals surface area contributed by atoms with Crippen LogP contribution in [0.3, 0.4) is 0 Å². The molecule has 1 rings (SSSR count). The van der Waals surface area contributed by atoms with Gasteiger partial charge in [-0.3, -0.25) is 0 Å². The van der Waals surface area contributed by atoms with E-state index in [4.69, 9.17) is 11.6 Å². The maximum Gasteiger partial charge on any atom is 1.00 e. The summed E-state index contributed by atoms with van der Waals surface area (Å²) in [5, 5.41) is 0.591. The van der Waals surface area contributed by atoms with Crippen LogP contribution in [0.15, 0.2) is 24.3 Å². The van der Waals surface area contributed by atoms with Gasteiger partial charge >= 0.3 is 29.6 Å². The van der Waals surface area contributed by atoms with Crippen LogP contribution in [0.5, 0.6) is 0 Å². The van der Waals surface area contributed by atoms with Crippen molar-refractivity contribution in [2.45, 2.75) is 6.42 Å². The molecule has 14 heavy (non-hydrogen) atoms. The van der Waals surface area contributed by atoms with E-state index >= 15 is 0 Å². The zero-order valence-electron chi connectivity index (χ0n) is 7.73. The fourth-order valence-corrected chi connectivity index (χ4v) is 1.51. The van der Waals surface area contributed by atoms with Gasteiger partial charge in [-0.05, 0) is 24.1 Å². The van der Waals surface area contributed by atoms with Crippen molar-refractivity contribution >= 4 is 21.7 Å². The second-order valence-corrected chi connectivity index (χ2v) is 4.60. The van der Waals surface area contributed by atoms with Crippen LogP contribution in [0.2, 0.25) is 5.02 Å². The van der Waals surface area contributed by atoms with E-state index in [0.717, 1.165) is 5.56 Å². The molecule has 6 heteroatoms. The molecular formula is C8H8ClNaO3S. The van der Waals surface area contributed by atoms with Gasteiger partial charge in [0.15, 0.2) is 0 Å². The van der Waals surface area contributed by atoms with E-state index in [1.165, 1.54) is 0 Å². The maximum atomic E-state index is 10.3. The largest absolute Gasteiger partial charge is 1.00 e. The Hall–Kier alpha value is 0.420. The van der Waals surface area contributed by atoms with E-state index < -0.39 is 10.1 Å². The summed E-state index contributed by atoms with van der Waals surface area (Å²) in [6.45, 7) is 0. The fraction of sp³-hybridized carbons (Fsp3) is 0.250. The Balaban J connectivity index is 0.00000169. The van der Waals surface area contributed by atoms with Gasteiger partial charge in [0.05, 0.1) is 10.1 Å². The molecule has 0 saturated carbocycles. The summed E-state index contributed by atoms with van der Waals surface area (Å²) in [6, 6.07) is 6.73. The van der Waals surface area contributed by atoms with E-state index in [1.54, 1.807) is 24.3 Å². The Kier molecular flexibility index (Phi) is 6.28. The van der Waals surface area contributed by atoms with Crippen LogP contribution in [0.25, 0.3) is 0 Å². The number of hydrogen-bond acceptors (Lipinski definition) is 3. The van der Waals surface area contributed by atoms with Crippen LogP contribution in [0, 0.1) is 0 Å². The molecule has 0 saturated heterocycles. The van der Waals surface area contributed by atoms with Crippen molar-refractivity contribution in [2.75, 3.05) is 5.75 Å². The first-order valence-electron chi connectivity index (χ1n) is 3.65.